The van der Waals surface area contributed by atoms with E-state index < -0.39 is 0 Å². The first-order valence-electron chi connectivity index (χ1n) is 5.02. The average Bonchev–Trinajstić information content (AvgIpc) is 2.59. The minimum absolute atomic E-state index is 0.279. The van der Waals surface area contributed by atoms with Gasteiger partial charge in [0, 0.05) is 5.39 Å². The van der Waals surface area contributed by atoms with Crippen LogP contribution in [0.5, 0.6) is 0 Å². The highest BCUT2D eigenvalue weighted by molar-refractivity contribution is 6.05. The Balaban J connectivity index is 2.67. The van der Waals surface area contributed by atoms with E-state index in [9.17, 15) is 10.4 Å². The molecule has 0 saturated heterocycles. The minimum atomic E-state index is 0.279. The highest BCUT2D eigenvalue weighted by atomic mass is 16.5. The van der Waals surface area contributed by atoms with Crippen LogP contribution in [0.4, 0.5) is 0 Å². The number of aromatic nitrogens is 2. The van der Waals surface area contributed by atoms with Crippen molar-refractivity contribution in [3.63, 3.8) is 0 Å². The first-order chi connectivity index (χ1) is 7.70. The van der Waals surface area contributed by atoms with E-state index in [-0.39, 0.29) is 5.65 Å². The monoisotopic (exact) mass is 214 g/mol. The maximum absolute atomic E-state index is 11.9. The van der Waals surface area contributed by atoms with Crippen molar-refractivity contribution in [2.75, 3.05) is 0 Å². The lowest BCUT2D eigenvalue weighted by Crippen LogP contribution is -2.32. The van der Waals surface area contributed by atoms with Gasteiger partial charge in [0.15, 0.2) is 5.52 Å². The lowest BCUT2D eigenvalue weighted by atomic mass is 10.2. The van der Waals surface area contributed by atoms with Crippen LogP contribution in [-0.2, 0) is 0 Å². The van der Waals surface area contributed by atoms with Gasteiger partial charge in [-0.15, -0.1) is 0 Å². The van der Waals surface area contributed by atoms with Gasteiger partial charge in [0.25, 0.3) is 0 Å². The number of hydrogen-bond donors (Lipinski definition) is 1. The second kappa shape index (κ2) is 2.88. The van der Waals surface area contributed by atoms with Crippen molar-refractivity contribution in [1.82, 2.24) is 4.73 Å². The molecule has 0 unspecified atom stereocenters. The van der Waals surface area contributed by atoms with Crippen LogP contribution < -0.4 is 4.73 Å². The molecule has 0 spiro atoms. The summed E-state index contributed by atoms with van der Waals surface area (Å²) in [6.45, 7) is 1.71. The van der Waals surface area contributed by atoms with Crippen molar-refractivity contribution < 1.29 is 9.94 Å². The van der Waals surface area contributed by atoms with Crippen molar-refractivity contribution >= 4 is 21.9 Å². The number of nitrogens with zero attached hydrogens (tertiary/aromatic N) is 2. The zero-order valence-corrected chi connectivity index (χ0v) is 8.71. The summed E-state index contributed by atoms with van der Waals surface area (Å²) < 4.78 is 1.69. The van der Waals surface area contributed by atoms with Crippen molar-refractivity contribution in [2.24, 2.45) is 0 Å². The van der Waals surface area contributed by atoms with Crippen molar-refractivity contribution in [1.29, 1.82) is 0 Å². The maximum Gasteiger partial charge on any atom is 0.332 e. The van der Waals surface area contributed by atoms with Crippen LogP contribution in [0.2, 0.25) is 0 Å². The standard InChI is InChI=1S/C12H10N2O2/c1-8-6-7-10-9-4-2-3-5-11(9)14(16)12(10)13(8)15/h2-7,16H,1H3. The van der Waals surface area contributed by atoms with E-state index in [1.807, 2.05) is 24.3 Å². The smallest absolute Gasteiger partial charge is 0.332 e. The average molecular weight is 214 g/mol. The molecule has 0 radical (unpaired) electrons. The van der Waals surface area contributed by atoms with Crippen LogP contribution >= 0.6 is 0 Å². The Morgan fingerprint density at radius 1 is 1.12 bits per heavy atom. The number of benzene rings is 1. The number of pyridine rings is 1. The quantitative estimate of drug-likeness (QED) is 0.353. The van der Waals surface area contributed by atoms with Crippen molar-refractivity contribution in [2.45, 2.75) is 6.92 Å². The molecule has 0 bridgehead atoms. The Hall–Kier alpha value is -2.23. The molecule has 0 aliphatic carbocycles. The largest absolute Gasteiger partial charge is 0.710 e. The van der Waals surface area contributed by atoms with Crippen LogP contribution in [-0.4, -0.2) is 9.94 Å². The minimum Gasteiger partial charge on any atom is -0.710 e. The number of aryl methyl sites for hydroxylation is 1. The van der Waals surface area contributed by atoms with Gasteiger partial charge < -0.3 is 10.4 Å². The summed E-state index contributed by atoms with van der Waals surface area (Å²) >= 11 is 0. The third-order valence-electron chi connectivity index (χ3n) is 2.87. The van der Waals surface area contributed by atoms with Crippen LogP contribution in [0, 0.1) is 12.1 Å². The second-order valence-electron chi connectivity index (χ2n) is 3.84. The van der Waals surface area contributed by atoms with E-state index in [0.717, 1.165) is 20.2 Å². The highest BCUT2D eigenvalue weighted by Gasteiger charge is 2.18. The molecule has 0 fully saturated rings. The molecule has 0 aliphatic heterocycles. The molecule has 2 heterocycles. The fourth-order valence-electron chi connectivity index (χ4n) is 2.03. The molecule has 3 rings (SSSR count). The molecule has 80 valence electrons. The van der Waals surface area contributed by atoms with E-state index in [2.05, 4.69) is 0 Å². The van der Waals surface area contributed by atoms with Crippen LogP contribution in [0.25, 0.3) is 21.9 Å². The molecule has 2 aromatic heterocycles. The fourth-order valence-corrected chi connectivity index (χ4v) is 2.03. The Morgan fingerprint density at radius 3 is 2.69 bits per heavy atom. The van der Waals surface area contributed by atoms with Crippen molar-refractivity contribution in [3.05, 3.63) is 47.3 Å². The molecule has 1 N–H and O–H groups in total. The number of rotatable bonds is 0. The van der Waals surface area contributed by atoms with Gasteiger partial charge in [-0.2, -0.15) is 0 Å². The van der Waals surface area contributed by atoms with E-state index in [1.165, 1.54) is 0 Å². The summed E-state index contributed by atoms with van der Waals surface area (Å²) in [7, 11) is 0. The molecule has 0 aliphatic rings. The SMILES string of the molecule is Cc1ccc2c3ccccc3n(O)c2[n+]1[O-]. The summed E-state index contributed by atoms with van der Waals surface area (Å²) in [5.41, 5.74) is 1.49. The topological polar surface area (TPSA) is 52.1 Å². The molecule has 1 aromatic carbocycles. The molecule has 4 heteroatoms. The summed E-state index contributed by atoms with van der Waals surface area (Å²) in [4.78, 5) is 0. The first-order valence-corrected chi connectivity index (χ1v) is 5.02. The van der Waals surface area contributed by atoms with E-state index in [1.54, 1.807) is 19.1 Å². The van der Waals surface area contributed by atoms with Gasteiger partial charge in [0.1, 0.15) is 5.69 Å². The molecule has 0 saturated carbocycles. The van der Waals surface area contributed by atoms with Crippen LogP contribution in [0.3, 0.4) is 0 Å². The maximum atomic E-state index is 11.9. The van der Waals surface area contributed by atoms with E-state index in [4.69, 9.17) is 0 Å². The van der Waals surface area contributed by atoms with Gasteiger partial charge in [-0.1, -0.05) is 12.1 Å². The molecule has 3 aromatic rings. The van der Waals surface area contributed by atoms with Crippen LogP contribution in [0.1, 0.15) is 5.69 Å². The van der Waals surface area contributed by atoms with Gasteiger partial charge in [-0.05, 0) is 35.9 Å². The number of hydrogen-bond acceptors (Lipinski definition) is 2. The number of fused-ring (bicyclic) bond motifs is 3. The third kappa shape index (κ3) is 0.957. The summed E-state index contributed by atoms with van der Waals surface area (Å²) in [6.07, 6.45) is 0. The zero-order valence-electron chi connectivity index (χ0n) is 8.71. The van der Waals surface area contributed by atoms with Gasteiger partial charge in [-0.25, -0.2) is 4.73 Å². The molecular formula is C12H10N2O2. The highest BCUT2D eigenvalue weighted by Crippen LogP contribution is 2.25. The molecule has 0 atom stereocenters. The van der Waals surface area contributed by atoms with Crippen molar-refractivity contribution in [3.8, 4) is 0 Å². The lowest BCUT2D eigenvalue weighted by molar-refractivity contribution is -0.588. The first kappa shape index (κ1) is 9.03. The molecule has 16 heavy (non-hydrogen) atoms. The van der Waals surface area contributed by atoms with Gasteiger partial charge in [-0.3, -0.25) is 0 Å². The molecule has 0 amide bonds. The zero-order chi connectivity index (χ0) is 11.3. The summed E-state index contributed by atoms with van der Waals surface area (Å²) in [5, 5.41) is 23.4. The fraction of sp³-hybridized carbons (Fsp3) is 0.0833. The normalized spacial score (nSPS) is 11.3. The van der Waals surface area contributed by atoms with Gasteiger partial charge in [0.2, 0.25) is 0 Å². The van der Waals surface area contributed by atoms with Gasteiger partial charge >= 0.3 is 5.65 Å². The predicted octanol–water partition coefficient (Wildman–Crippen LogP) is 1.97. The predicted molar refractivity (Wildman–Crippen MR) is 60.3 cm³/mol. The second-order valence-corrected chi connectivity index (χ2v) is 3.84. The van der Waals surface area contributed by atoms with Crippen LogP contribution in [0.15, 0.2) is 36.4 Å². The van der Waals surface area contributed by atoms with E-state index in [0.29, 0.717) is 11.2 Å². The Kier molecular flexibility index (Phi) is 1.63. The summed E-state index contributed by atoms with van der Waals surface area (Å²) in [5.74, 6) is 0. The lowest BCUT2D eigenvalue weighted by Gasteiger charge is -2.06. The molecule has 4 nitrogen and oxygen atoms in total. The summed E-state index contributed by atoms with van der Waals surface area (Å²) in [6, 6.07) is 11.0. The van der Waals surface area contributed by atoms with E-state index >= 15 is 0 Å². The molecular weight excluding hydrogens is 204 g/mol. The Labute approximate surface area is 91.5 Å². The third-order valence-corrected chi connectivity index (χ3v) is 2.87. The Bertz CT molecular complexity index is 701. The number of para-hydroxylation sites is 1. The van der Waals surface area contributed by atoms with Gasteiger partial charge in [0.05, 0.1) is 5.39 Å². The Morgan fingerprint density at radius 2 is 1.88 bits per heavy atom.